The molecule has 4 heteroatoms. The molecule has 0 fully saturated rings. The van der Waals surface area contributed by atoms with Gasteiger partial charge in [-0.3, -0.25) is 0 Å². The van der Waals surface area contributed by atoms with Gasteiger partial charge in [-0.05, 0) is 47.3 Å². The first kappa shape index (κ1) is 15.4. The van der Waals surface area contributed by atoms with Crippen molar-refractivity contribution in [2.75, 3.05) is 11.4 Å². The Morgan fingerprint density at radius 3 is 2.33 bits per heavy atom. The lowest BCUT2D eigenvalue weighted by molar-refractivity contribution is 0.547. The summed E-state index contributed by atoms with van der Waals surface area (Å²) in [6.07, 6.45) is 0. The molecule has 0 saturated heterocycles. The highest BCUT2D eigenvalue weighted by molar-refractivity contribution is 9.10. The molecule has 1 aromatic rings. The van der Waals surface area contributed by atoms with Crippen molar-refractivity contribution in [2.24, 2.45) is 11.7 Å². The molecular formula is C14H22BrFN2. The predicted octanol–water partition coefficient (Wildman–Crippen LogP) is 3.92. The summed E-state index contributed by atoms with van der Waals surface area (Å²) in [5.74, 6) is 0.270. The van der Waals surface area contributed by atoms with E-state index in [1.54, 1.807) is 0 Å². The van der Waals surface area contributed by atoms with Crippen LogP contribution in [0.1, 0.15) is 33.3 Å². The van der Waals surface area contributed by atoms with Gasteiger partial charge in [0.15, 0.2) is 5.82 Å². The molecule has 1 aromatic carbocycles. The van der Waals surface area contributed by atoms with E-state index in [1.165, 1.54) is 0 Å². The molecule has 0 aliphatic rings. The molecule has 2 N–H and O–H groups in total. The minimum atomic E-state index is -0.215. The number of rotatable bonds is 5. The maximum Gasteiger partial charge on any atom is 0.160 e. The average molecular weight is 317 g/mol. The Morgan fingerprint density at radius 1 is 1.28 bits per heavy atom. The molecule has 0 spiro atoms. The van der Waals surface area contributed by atoms with Crippen LogP contribution in [0.5, 0.6) is 0 Å². The number of benzene rings is 1. The summed E-state index contributed by atoms with van der Waals surface area (Å²) in [7, 11) is 0. The predicted molar refractivity (Wildman–Crippen MR) is 79.3 cm³/mol. The molecule has 0 atom stereocenters. The van der Waals surface area contributed by atoms with Gasteiger partial charge >= 0.3 is 0 Å². The van der Waals surface area contributed by atoms with E-state index >= 15 is 0 Å². The van der Waals surface area contributed by atoms with Gasteiger partial charge in [-0.2, -0.15) is 0 Å². The van der Waals surface area contributed by atoms with Gasteiger partial charge in [-0.1, -0.05) is 19.9 Å². The first-order valence-corrected chi connectivity index (χ1v) is 7.11. The lowest BCUT2D eigenvalue weighted by atomic mass is 10.1. The Morgan fingerprint density at radius 2 is 1.89 bits per heavy atom. The van der Waals surface area contributed by atoms with Crippen LogP contribution in [0.4, 0.5) is 10.1 Å². The van der Waals surface area contributed by atoms with E-state index in [1.807, 2.05) is 12.1 Å². The number of nitrogens with zero attached hydrogens (tertiary/aromatic N) is 1. The monoisotopic (exact) mass is 316 g/mol. The van der Waals surface area contributed by atoms with Gasteiger partial charge in [0.05, 0.1) is 10.2 Å². The molecule has 0 aromatic heterocycles. The molecule has 0 radical (unpaired) electrons. The fourth-order valence-electron chi connectivity index (χ4n) is 1.94. The van der Waals surface area contributed by atoms with Gasteiger partial charge in [-0.15, -0.1) is 0 Å². The second kappa shape index (κ2) is 6.53. The Kier molecular flexibility index (Phi) is 5.60. The lowest BCUT2D eigenvalue weighted by Crippen LogP contribution is -2.35. The number of nitrogens with two attached hydrogens (primary N) is 1. The maximum absolute atomic E-state index is 14.4. The van der Waals surface area contributed by atoms with Crippen LogP contribution < -0.4 is 10.6 Å². The van der Waals surface area contributed by atoms with Crippen molar-refractivity contribution in [1.82, 2.24) is 0 Å². The third kappa shape index (κ3) is 3.45. The van der Waals surface area contributed by atoms with E-state index in [0.29, 0.717) is 22.6 Å². The average Bonchev–Trinajstić information content (AvgIpc) is 2.29. The summed E-state index contributed by atoms with van der Waals surface area (Å²) < 4.78 is 14.8. The van der Waals surface area contributed by atoms with Crippen LogP contribution in [-0.2, 0) is 6.54 Å². The molecular weight excluding hydrogens is 295 g/mol. The molecule has 102 valence electrons. The molecule has 1 rings (SSSR count). The highest BCUT2D eigenvalue weighted by atomic mass is 79.9. The minimum absolute atomic E-state index is 0.215. The normalized spacial score (nSPS) is 11.4. The Labute approximate surface area is 117 Å². The zero-order valence-corrected chi connectivity index (χ0v) is 13.1. The topological polar surface area (TPSA) is 29.3 Å². The van der Waals surface area contributed by atoms with Gasteiger partial charge in [0.1, 0.15) is 0 Å². The molecule has 2 nitrogen and oxygen atoms in total. The summed E-state index contributed by atoms with van der Waals surface area (Å²) in [5, 5.41) is 0. The van der Waals surface area contributed by atoms with Crippen LogP contribution in [-0.4, -0.2) is 12.6 Å². The molecule has 18 heavy (non-hydrogen) atoms. The second-order valence-electron chi connectivity index (χ2n) is 5.22. The molecule has 0 aliphatic carbocycles. The highest BCUT2D eigenvalue weighted by Gasteiger charge is 2.19. The number of halogens is 2. The largest absolute Gasteiger partial charge is 0.366 e. The summed E-state index contributed by atoms with van der Waals surface area (Å²) in [4.78, 5) is 2.09. The summed E-state index contributed by atoms with van der Waals surface area (Å²) in [5.41, 5.74) is 7.01. The number of hydrogen-bond donors (Lipinski definition) is 1. The van der Waals surface area contributed by atoms with Crippen LogP contribution in [0.15, 0.2) is 16.6 Å². The Balaban J connectivity index is 3.17. The van der Waals surface area contributed by atoms with Crippen molar-refractivity contribution in [3.63, 3.8) is 0 Å². The van der Waals surface area contributed by atoms with Gasteiger partial charge in [-0.25, -0.2) is 4.39 Å². The van der Waals surface area contributed by atoms with Crippen molar-refractivity contribution in [3.8, 4) is 0 Å². The van der Waals surface area contributed by atoms with E-state index in [9.17, 15) is 4.39 Å². The van der Waals surface area contributed by atoms with E-state index < -0.39 is 0 Å². The van der Waals surface area contributed by atoms with E-state index in [0.717, 1.165) is 12.1 Å². The highest BCUT2D eigenvalue weighted by Crippen LogP contribution is 2.30. The van der Waals surface area contributed by atoms with E-state index in [2.05, 4.69) is 48.5 Å². The second-order valence-corrected chi connectivity index (χ2v) is 6.01. The van der Waals surface area contributed by atoms with Crippen LogP contribution >= 0.6 is 15.9 Å². The Hall–Kier alpha value is -0.610. The van der Waals surface area contributed by atoms with Crippen LogP contribution in [0.3, 0.4) is 0 Å². The van der Waals surface area contributed by atoms with Crippen molar-refractivity contribution >= 4 is 21.6 Å². The molecule has 0 amide bonds. The third-order valence-electron chi connectivity index (χ3n) is 2.86. The third-order valence-corrected chi connectivity index (χ3v) is 3.71. The van der Waals surface area contributed by atoms with Crippen molar-refractivity contribution in [3.05, 3.63) is 28.0 Å². The van der Waals surface area contributed by atoms with Crippen LogP contribution in [0, 0.1) is 11.7 Å². The SMILES string of the molecule is CC(C)CN(c1ccc(CN)c(Br)c1F)C(C)C. The van der Waals surface area contributed by atoms with Crippen LogP contribution in [0.2, 0.25) is 0 Å². The van der Waals surface area contributed by atoms with Gasteiger partial charge < -0.3 is 10.6 Å². The van der Waals surface area contributed by atoms with Crippen LogP contribution in [0.25, 0.3) is 0 Å². The van der Waals surface area contributed by atoms with Crippen molar-refractivity contribution in [2.45, 2.75) is 40.3 Å². The van der Waals surface area contributed by atoms with Crippen molar-refractivity contribution in [1.29, 1.82) is 0 Å². The van der Waals surface area contributed by atoms with E-state index in [-0.39, 0.29) is 11.9 Å². The zero-order chi connectivity index (χ0) is 13.9. The van der Waals surface area contributed by atoms with Gasteiger partial charge in [0.25, 0.3) is 0 Å². The lowest BCUT2D eigenvalue weighted by Gasteiger charge is -2.31. The summed E-state index contributed by atoms with van der Waals surface area (Å²) >= 11 is 3.29. The summed E-state index contributed by atoms with van der Waals surface area (Å²) in [6, 6.07) is 3.97. The quantitative estimate of drug-likeness (QED) is 0.892. The van der Waals surface area contributed by atoms with Gasteiger partial charge in [0, 0.05) is 19.1 Å². The molecule has 0 bridgehead atoms. The molecule has 0 unspecified atom stereocenters. The molecule has 0 heterocycles. The molecule has 0 aliphatic heterocycles. The standard InChI is InChI=1S/C14H22BrFN2/c1-9(2)8-18(10(3)4)12-6-5-11(7-17)13(15)14(12)16/h5-6,9-10H,7-8,17H2,1-4H3. The minimum Gasteiger partial charge on any atom is -0.366 e. The maximum atomic E-state index is 14.4. The number of anilines is 1. The van der Waals surface area contributed by atoms with Crippen molar-refractivity contribution < 1.29 is 4.39 Å². The van der Waals surface area contributed by atoms with Gasteiger partial charge in [0.2, 0.25) is 0 Å². The molecule has 0 saturated carbocycles. The number of hydrogen-bond acceptors (Lipinski definition) is 2. The fourth-order valence-corrected chi connectivity index (χ4v) is 2.44. The zero-order valence-electron chi connectivity index (χ0n) is 11.5. The smallest absolute Gasteiger partial charge is 0.160 e. The Bertz CT molecular complexity index is 405. The first-order chi connectivity index (χ1) is 8.38. The summed E-state index contributed by atoms with van der Waals surface area (Å²) in [6.45, 7) is 9.60. The van der Waals surface area contributed by atoms with E-state index in [4.69, 9.17) is 5.73 Å². The first-order valence-electron chi connectivity index (χ1n) is 6.32. The fraction of sp³-hybridized carbons (Fsp3) is 0.571.